The van der Waals surface area contributed by atoms with Crippen LogP contribution in [0.25, 0.3) is 0 Å². The Morgan fingerprint density at radius 2 is 2.05 bits per heavy atom. The van der Waals surface area contributed by atoms with Crippen molar-refractivity contribution in [2.75, 3.05) is 0 Å². The van der Waals surface area contributed by atoms with Crippen molar-refractivity contribution in [1.29, 1.82) is 0 Å². The predicted octanol–water partition coefficient (Wildman–Crippen LogP) is 3.50. The van der Waals surface area contributed by atoms with Crippen LogP contribution >= 0.6 is 0 Å². The average Bonchev–Trinajstić information content (AvgIpc) is 2.36. The Labute approximate surface area is 112 Å². The second-order valence-corrected chi connectivity index (χ2v) is 4.85. The Morgan fingerprint density at radius 1 is 1.26 bits per heavy atom. The molecule has 2 rings (SSSR count). The first kappa shape index (κ1) is 13.7. The lowest BCUT2D eigenvalue weighted by Crippen LogP contribution is -2.06. The van der Waals surface area contributed by atoms with E-state index < -0.39 is 6.10 Å². The molecule has 0 aliphatic rings. The predicted molar refractivity (Wildman–Crippen MR) is 73.4 cm³/mol. The molecule has 1 aromatic carbocycles. The standard InChI is InChI=1S/C16H18FNO/c1-11-9-12(2)16(14(17)10-11)15(19)7-6-13-5-3-4-8-18-13/h3-5,8-10,15,19H,6-7H2,1-2H3. The van der Waals surface area contributed by atoms with Gasteiger partial charge in [-0.25, -0.2) is 4.39 Å². The van der Waals surface area contributed by atoms with Crippen molar-refractivity contribution in [2.45, 2.75) is 32.8 Å². The van der Waals surface area contributed by atoms with Gasteiger partial charge in [0.1, 0.15) is 5.82 Å². The molecule has 2 aromatic rings. The molecule has 0 fully saturated rings. The first-order chi connectivity index (χ1) is 9.08. The van der Waals surface area contributed by atoms with Crippen molar-refractivity contribution < 1.29 is 9.50 Å². The van der Waals surface area contributed by atoms with Gasteiger partial charge in [-0.2, -0.15) is 0 Å². The first-order valence-electron chi connectivity index (χ1n) is 6.42. The second kappa shape index (κ2) is 5.93. The first-order valence-corrected chi connectivity index (χ1v) is 6.42. The highest BCUT2D eigenvalue weighted by Gasteiger charge is 2.16. The Kier molecular flexibility index (Phi) is 4.27. The highest BCUT2D eigenvalue weighted by atomic mass is 19.1. The van der Waals surface area contributed by atoms with Gasteiger partial charge in [-0.05, 0) is 56.0 Å². The topological polar surface area (TPSA) is 33.1 Å². The van der Waals surface area contributed by atoms with E-state index >= 15 is 0 Å². The van der Waals surface area contributed by atoms with Gasteiger partial charge in [0.15, 0.2) is 0 Å². The summed E-state index contributed by atoms with van der Waals surface area (Å²) in [7, 11) is 0. The number of halogens is 1. The zero-order valence-electron chi connectivity index (χ0n) is 11.2. The molecule has 0 saturated heterocycles. The fourth-order valence-corrected chi connectivity index (χ4v) is 2.32. The van der Waals surface area contributed by atoms with E-state index in [1.807, 2.05) is 38.1 Å². The molecule has 0 aliphatic heterocycles. The molecule has 3 heteroatoms. The molecule has 0 radical (unpaired) electrons. The molecule has 0 saturated carbocycles. The maximum atomic E-state index is 13.9. The average molecular weight is 259 g/mol. The van der Waals surface area contributed by atoms with Crippen LogP contribution in [0.3, 0.4) is 0 Å². The molecule has 0 spiro atoms. The molecule has 0 amide bonds. The highest BCUT2D eigenvalue weighted by molar-refractivity contribution is 5.33. The summed E-state index contributed by atoms with van der Waals surface area (Å²) in [5.74, 6) is -0.328. The highest BCUT2D eigenvalue weighted by Crippen LogP contribution is 2.26. The fraction of sp³-hybridized carbons (Fsp3) is 0.312. The number of nitrogens with zero attached hydrogens (tertiary/aromatic N) is 1. The maximum absolute atomic E-state index is 13.9. The van der Waals surface area contributed by atoms with Crippen LogP contribution in [0, 0.1) is 19.7 Å². The zero-order valence-corrected chi connectivity index (χ0v) is 11.2. The van der Waals surface area contributed by atoms with E-state index in [0.717, 1.165) is 16.8 Å². The third-order valence-electron chi connectivity index (χ3n) is 3.21. The molecular formula is C16H18FNO. The fourth-order valence-electron chi connectivity index (χ4n) is 2.32. The minimum atomic E-state index is -0.789. The van der Waals surface area contributed by atoms with Gasteiger partial charge < -0.3 is 5.11 Å². The molecule has 1 N–H and O–H groups in total. The normalized spacial score (nSPS) is 12.4. The van der Waals surface area contributed by atoms with E-state index in [4.69, 9.17) is 0 Å². The molecule has 19 heavy (non-hydrogen) atoms. The number of hydrogen-bond donors (Lipinski definition) is 1. The third kappa shape index (κ3) is 3.38. The summed E-state index contributed by atoms with van der Waals surface area (Å²) in [5, 5.41) is 10.2. The van der Waals surface area contributed by atoms with Crippen molar-refractivity contribution in [1.82, 2.24) is 4.98 Å². The second-order valence-electron chi connectivity index (χ2n) is 4.85. The van der Waals surface area contributed by atoms with Crippen LogP contribution in [-0.2, 0) is 6.42 Å². The number of pyridine rings is 1. The van der Waals surface area contributed by atoms with E-state index in [0.29, 0.717) is 18.4 Å². The van der Waals surface area contributed by atoms with Crippen LogP contribution in [0.15, 0.2) is 36.5 Å². The summed E-state index contributed by atoms with van der Waals surface area (Å²) in [5.41, 5.74) is 2.98. The summed E-state index contributed by atoms with van der Waals surface area (Å²) < 4.78 is 13.9. The van der Waals surface area contributed by atoms with Gasteiger partial charge in [0.05, 0.1) is 6.10 Å². The summed E-state index contributed by atoms with van der Waals surface area (Å²) >= 11 is 0. The summed E-state index contributed by atoms with van der Waals surface area (Å²) in [6, 6.07) is 9.02. The summed E-state index contributed by atoms with van der Waals surface area (Å²) in [6.45, 7) is 3.68. The van der Waals surface area contributed by atoms with Crippen LogP contribution in [0.2, 0.25) is 0 Å². The van der Waals surface area contributed by atoms with Crippen molar-refractivity contribution in [2.24, 2.45) is 0 Å². The number of rotatable bonds is 4. The lowest BCUT2D eigenvalue weighted by Gasteiger charge is -2.15. The third-order valence-corrected chi connectivity index (χ3v) is 3.21. The molecule has 1 unspecified atom stereocenters. The number of aromatic nitrogens is 1. The quantitative estimate of drug-likeness (QED) is 0.911. The summed E-state index contributed by atoms with van der Waals surface area (Å²) in [6.07, 6.45) is 2.04. The van der Waals surface area contributed by atoms with Gasteiger partial charge in [0.2, 0.25) is 0 Å². The van der Waals surface area contributed by atoms with E-state index in [1.165, 1.54) is 6.07 Å². The van der Waals surface area contributed by atoms with Crippen molar-refractivity contribution in [3.05, 3.63) is 64.7 Å². The molecule has 0 aliphatic carbocycles. The van der Waals surface area contributed by atoms with Crippen molar-refractivity contribution >= 4 is 0 Å². The van der Waals surface area contributed by atoms with Crippen LogP contribution in [0.1, 0.15) is 34.9 Å². The van der Waals surface area contributed by atoms with Crippen LogP contribution < -0.4 is 0 Å². The van der Waals surface area contributed by atoms with Gasteiger partial charge in [0.25, 0.3) is 0 Å². The molecule has 1 atom stereocenters. The Hall–Kier alpha value is -1.74. The largest absolute Gasteiger partial charge is 0.388 e. The van der Waals surface area contributed by atoms with Gasteiger partial charge in [-0.1, -0.05) is 12.1 Å². The molecular weight excluding hydrogens is 241 g/mol. The zero-order chi connectivity index (χ0) is 13.8. The van der Waals surface area contributed by atoms with Crippen LogP contribution in [0.4, 0.5) is 4.39 Å². The number of aliphatic hydroxyl groups excluding tert-OH is 1. The Morgan fingerprint density at radius 3 is 2.68 bits per heavy atom. The number of benzene rings is 1. The monoisotopic (exact) mass is 259 g/mol. The van der Waals surface area contributed by atoms with E-state index in [9.17, 15) is 9.50 Å². The van der Waals surface area contributed by atoms with Gasteiger partial charge in [-0.15, -0.1) is 0 Å². The minimum Gasteiger partial charge on any atom is -0.388 e. The SMILES string of the molecule is Cc1cc(C)c(C(O)CCc2ccccn2)c(F)c1. The minimum absolute atomic E-state index is 0.328. The maximum Gasteiger partial charge on any atom is 0.129 e. The van der Waals surface area contributed by atoms with Crippen molar-refractivity contribution in [3.63, 3.8) is 0 Å². The molecule has 1 heterocycles. The van der Waals surface area contributed by atoms with Gasteiger partial charge in [-0.3, -0.25) is 4.98 Å². The van der Waals surface area contributed by atoms with Gasteiger partial charge >= 0.3 is 0 Å². The van der Waals surface area contributed by atoms with E-state index in [-0.39, 0.29) is 5.82 Å². The Balaban J connectivity index is 2.10. The summed E-state index contributed by atoms with van der Waals surface area (Å²) in [4.78, 5) is 4.20. The van der Waals surface area contributed by atoms with E-state index in [1.54, 1.807) is 6.20 Å². The molecule has 1 aromatic heterocycles. The molecule has 2 nitrogen and oxygen atoms in total. The molecule has 100 valence electrons. The number of aryl methyl sites for hydroxylation is 3. The van der Waals surface area contributed by atoms with Crippen molar-refractivity contribution in [3.8, 4) is 0 Å². The number of aliphatic hydroxyl groups is 1. The van der Waals surface area contributed by atoms with Gasteiger partial charge in [0, 0.05) is 17.5 Å². The lowest BCUT2D eigenvalue weighted by atomic mass is 9.97. The van der Waals surface area contributed by atoms with Crippen LogP contribution in [0.5, 0.6) is 0 Å². The van der Waals surface area contributed by atoms with E-state index in [2.05, 4.69) is 4.98 Å². The van der Waals surface area contributed by atoms with Crippen LogP contribution in [-0.4, -0.2) is 10.1 Å². The Bertz CT molecular complexity index is 531. The smallest absolute Gasteiger partial charge is 0.129 e. The molecule has 0 bridgehead atoms. The lowest BCUT2D eigenvalue weighted by molar-refractivity contribution is 0.162. The number of hydrogen-bond acceptors (Lipinski definition) is 2.